The van der Waals surface area contributed by atoms with Crippen LogP contribution in [-0.2, 0) is 0 Å². The molecule has 0 fully saturated rings. The van der Waals surface area contributed by atoms with Crippen molar-refractivity contribution in [2.45, 2.75) is 33.6 Å². The van der Waals surface area contributed by atoms with E-state index in [-0.39, 0.29) is 5.82 Å². The molecule has 0 aliphatic heterocycles. The molecule has 0 atom stereocenters. The summed E-state index contributed by atoms with van der Waals surface area (Å²) in [4.78, 5) is 4.71. The lowest BCUT2D eigenvalue weighted by molar-refractivity contribution is 0.626. The Hall–Kier alpha value is -3.71. The first-order valence-electron chi connectivity index (χ1n) is 11.7. The zero-order chi connectivity index (χ0) is 25.8. The van der Waals surface area contributed by atoms with E-state index in [1.54, 1.807) is 16.8 Å². The van der Waals surface area contributed by atoms with Crippen molar-refractivity contribution in [1.29, 1.82) is 0 Å². The molecule has 4 rings (SSSR count). The number of rotatable bonds is 7. The van der Waals surface area contributed by atoms with Crippen molar-refractivity contribution in [3.63, 3.8) is 0 Å². The predicted octanol–water partition coefficient (Wildman–Crippen LogP) is 5.94. The predicted molar refractivity (Wildman–Crippen MR) is 146 cm³/mol. The number of nitrogens with zero attached hydrogens (tertiary/aromatic N) is 3. The van der Waals surface area contributed by atoms with Gasteiger partial charge in [-0.05, 0) is 76.0 Å². The van der Waals surface area contributed by atoms with Crippen molar-refractivity contribution in [3.05, 3.63) is 90.4 Å². The van der Waals surface area contributed by atoms with E-state index in [4.69, 9.17) is 10.7 Å². The van der Waals surface area contributed by atoms with E-state index in [1.165, 1.54) is 17.7 Å². The van der Waals surface area contributed by atoms with Crippen LogP contribution in [-0.4, -0.2) is 34.7 Å². The molecular formula is C28H37FN6. The molecule has 2 aromatic heterocycles. The van der Waals surface area contributed by atoms with Crippen molar-refractivity contribution >= 4 is 17.2 Å². The van der Waals surface area contributed by atoms with Gasteiger partial charge < -0.3 is 16.4 Å². The molecule has 2 aromatic carbocycles. The Morgan fingerprint density at radius 3 is 2.31 bits per heavy atom. The van der Waals surface area contributed by atoms with Gasteiger partial charge in [0.15, 0.2) is 5.65 Å². The van der Waals surface area contributed by atoms with Crippen LogP contribution >= 0.6 is 0 Å². The standard InChI is InChI=1S/C18H24N6.C8H9F.C2H4/c1-13-7-3-4-8-14(13)16-11-17(21-10-6-5-9-20-2)24-18(23-16)15(19)12-22-24;1-6-3-4-8(9)5-7(6)2;1-2/h3-4,7-8,11-12,20-21H,5-6,9-10,19H2,1-2H3;3-5H,1-2H3;1-2H2. The maximum atomic E-state index is 12.3. The monoisotopic (exact) mass is 476 g/mol. The molecule has 0 saturated heterocycles. The highest BCUT2D eigenvalue weighted by Crippen LogP contribution is 2.26. The normalized spacial score (nSPS) is 10.2. The van der Waals surface area contributed by atoms with Gasteiger partial charge in [-0.1, -0.05) is 30.3 Å². The third-order valence-corrected chi connectivity index (χ3v) is 5.55. The Balaban J connectivity index is 0.000000329. The minimum absolute atomic E-state index is 0.155. The zero-order valence-corrected chi connectivity index (χ0v) is 21.2. The summed E-state index contributed by atoms with van der Waals surface area (Å²) in [5.74, 6) is 0.762. The van der Waals surface area contributed by atoms with E-state index in [1.807, 2.05) is 39.1 Å². The van der Waals surface area contributed by atoms with Crippen LogP contribution in [0, 0.1) is 26.6 Å². The molecule has 0 unspecified atom stereocenters. The first-order valence-corrected chi connectivity index (χ1v) is 11.7. The Morgan fingerprint density at radius 2 is 1.66 bits per heavy atom. The number of nitrogens with two attached hydrogens (primary N) is 1. The largest absolute Gasteiger partial charge is 0.394 e. The molecule has 0 aliphatic rings. The fourth-order valence-electron chi connectivity index (χ4n) is 3.45. The van der Waals surface area contributed by atoms with Crippen LogP contribution < -0.4 is 16.4 Å². The van der Waals surface area contributed by atoms with E-state index in [0.717, 1.165) is 54.1 Å². The maximum Gasteiger partial charge on any atom is 0.181 e. The summed E-state index contributed by atoms with van der Waals surface area (Å²) in [6.45, 7) is 13.9. The van der Waals surface area contributed by atoms with Crippen LogP contribution in [0.4, 0.5) is 15.9 Å². The van der Waals surface area contributed by atoms with Gasteiger partial charge in [-0.25, -0.2) is 9.37 Å². The molecule has 0 bridgehead atoms. The average molecular weight is 477 g/mol. The number of unbranched alkanes of at least 4 members (excludes halogenated alkanes) is 1. The SMILES string of the molecule is C=C.CNCCCCNc1cc(-c2ccccc2C)nc2c(N)cnn12.Cc1ccc(F)cc1C. The number of anilines is 2. The average Bonchev–Trinajstić information content (AvgIpc) is 3.24. The van der Waals surface area contributed by atoms with Crippen LogP contribution in [0.3, 0.4) is 0 Å². The second-order valence-electron chi connectivity index (χ2n) is 8.14. The van der Waals surface area contributed by atoms with Gasteiger partial charge in [0, 0.05) is 18.2 Å². The lowest BCUT2D eigenvalue weighted by Gasteiger charge is -2.12. The fraction of sp³-hybridized carbons (Fsp3) is 0.286. The number of halogens is 1. The highest BCUT2D eigenvalue weighted by atomic mass is 19.1. The lowest BCUT2D eigenvalue weighted by atomic mass is 10.1. The van der Waals surface area contributed by atoms with Gasteiger partial charge in [0.1, 0.15) is 11.6 Å². The topological polar surface area (TPSA) is 80.3 Å². The van der Waals surface area contributed by atoms with Gasteiger partial charge >= 0.3 is 0 Å². The number of aromatic nitrogens is 3. The first kappa shape index (κ1) is 27.5. The van der Waals surface area contributed by atoms with Crippen LogP contribution in [0.1, 0.15) is 29.5 Å². The minimum Gasteiger partial charge on any atom is -0.394 e. The molecule has 0 aliphatic carbocycles. The molecule has 4 N–H and O–H groups in total. The maximum absolute atomic E-state index is 12.3. The summed E-state index contributed by atoms with van der Waals surface area (Å²) in [5.41, 5.74) is 12.7. The van der Waals surface area contributed by atoms with E-state index < -0.39 is 0 Å². The summed E-state index contributed by atoms with van der Waals surface area (Å²) >= 11 is 0. The molecule has 6 nitrogen and oxygen atoms in total. The van der Waals surface area contributed by atoms with Gasteiger partial charge in [-0.3, -0.25) is 0 Å². The summed E-state index contributed by atoms with van der Waals surface area (Å²) in [6.07, 6.45) is 3.86. The van der Waals surface area contributed by atoms with Crippen molar-refractivity contribution in [1.82, 2.24) is 19.9 Å². The number of benzene rings is 2. The first-order chi connectivity index (χ1) is 16.9. The molecule has 7 heteroatoms. The van der Waals surface area contributed by atoms with Gasteiger partial charge in [0.2, 0.25) is 0 Å². The zero-order valence-electron chi connectivity index (χ0n) is 21.2. The number of hydrogen-bond donors (Lipinski definition) is 3. The molecule has 35 heavy (non-hydrogen) atoms. The lowest BCUT2D eigenvalue weighted by Crippen LogP contribution is -2.12. The van der Waals surface area contributed by atoms with Crippen LogP contribution in [0.25, 0.3) is 16.9 Å². The molecule has 0 spiro atoms. The van der Waals surface area contributed by atoms with Gasteiger partial charge in [-0.2, -0.15) is 9.61 Å². The Kier molecular flexibility index (Phi) is 10.9. The summed E-state index contributed by atoms with van der Waals surface area (Å²) in [7, 11) is 1.97. The second kappa shape index (κ2) is 13.9. The van der Waals surface area contributed by atoms with Crippen molar-refractivity contribution in [2.24, 2.45) is 0 Å². The molecular weight excluding hydrogens is 439 g/mol. The summed E-state index contributed by atoms with van der Waals surface area (Å²) in [6, 6.07) is 15.1. The van der Waals surface area contributed by atoms with E-state index in [0.29, 0.717) is 11.3 Å². The minimum atomic E-state index is -0.155. The Morgan fingerprint density at radius 1 is 0.943 bits per heavy atom. The van der Waals surface area contributed by atoms with Gasteiger partial charge in [-0.15, -0.1) is 13.2 Å². The van der Waals surface area contributed by atoms with E-state index in [9.17, 15) is 4.39 Å². The molecule has 186 valence electrons. The quantitative estimate of drug-likeness (QED) is 0.227. The third kappa shape index (κ3) is 7.65. The van der Waals surface area contributed by atoms with Crippen molar-refractivity contribution in [3.8, 4) is 11.3 Å². The Bertz CT molecular complexity index is 1220. The second-order valence-corrected chi connectivity index (χ2v) is 8.14. The van der Waals surface area contributed by atoms with Crippen LogP contribution in [0.2, 0.25) is 0 Å². The molecule has 4 aromatic rings. The number of nitrogen functional groups attached to an aromatic ring is 1. The smallest absolute Gasteiger partial charge is 0.181 e. The Labute approximate surface area is 208 Å². The molecule has 0 radical (unpaired) electrons. The highest BCUT2D eigenvalue weighted by molar-refractivity contribution is 5.74. The number of fused-ring (bicyclic) bond motifs is 1. The third-order valence-electron chi connectivity index (χ3n) is 5.55. The molecule has 0 amide bonds. The number of nitrogens with one attached hydrogen (secondary N) is 2. The van der Waals surface area contributed by atoms with Gasteiger partial charge in [0.25, 0.3) is 0 Å². The highest BCUT2D eigenvalue weighted by Gasteiger charge is 2.12. The van der Waals surface area contributed by atoms with Crippen LogP contribution in [0.15, 0.2) is 67.9 Å². The van der Waals surface area contributed by atoms with E-state index in [2.05, 4.69) is 47.9 Å². The van der Waals surface area contributed by atoms with Crippen molar-refractivity contribution in [2.75, 3.05) is 31.2 Å². The fourth-order valence-corrected chi connectivity index (χ4v) is 3.45. The van der Waals surface area contributed by atoms with Crippen molar-refractivity contribution < 1.29 is 4.39 Å². The molecule has 0 saturated carbocycles. The molecule has 2 heterocycles. The van der Waals surface area contributed by atoms with Crippen LogP contribution in [0.5, 0.6) is 0 Å². The summed E-state index contributed by atoms with van der Waals surface area (Å²) < 4.78 is 14.1. The van der Waals surface area contributed by atoms with Gasteiger partial charge in [0.05, 0.1) is 17.6 Å². The number of aryl methyl sites for hydroxylation is 3. The number of hydrogen-bond acceptors (Lipinski definition) is 5. The summed E-state index contributed by atoms with van der Waals surface area (Å²) in [5, 5.41) is 11.0. The van der Waals surface area contributed by atoms with E-state index >= 15 is 0 Å².